The number of nitrogens with one attached hydrogen (secondary N) is 2. The fourth-order valence-electron chi connectivity index (χ4n) is 2.06. The number of H-pyrrole nitrogens is 1. The van der Waals surface area contributed by atoms with Gasteiger partial charge in [0.1, 0.15) is 11.6 Å². The van der Waals surface area contributed by atoms with E-state index in [-0.39, 0.29) is 12.5 Å². The van der Waals surface area contributed by atoms with Crippen LogP contribution in [0.25, 0.3) is 11.0 Å². The molecule has 1 heterocycles. The van der Waals surface area contributed by atoms with Crippen LogP contribution in [0.15, 0.2) is 46.9 Å². The molecule has 2 aromatic carbocycles. The van der Waals surface area contributed by atoms with Gasteiger partial charge in [-0.3, -0.25) is 4.79 Å². The Morgan fingerprint density at radius 2 is 2.13 bits per heavy atom. The van der Waals surface area contributed by atoms with Crippen molar-refractivity contribution in [3.05, 3.63) is 57.8 Å². The van der Waals surface area contributed by atoms with Gasteiger partial charge in [-0.05, 0) is 46.3 Å². The predicted octanol–water partition coefficient (Wildman–Crippen LogP) is 3.67. The summed E-state index contributed by atoms with van der Waals surface area (Å²) >= 11 is 9.19. The lowest BCUT2D eigenvalue weighted by Gasteiger charge is -2.08. The maximum absolute atomic E-state index is 11.9. The highest BCUT2D eigenvalue weighted by molar-refractivity contribution is 9.10. The van der Waals surface area contributed by atoms with E-state index < -0.39 is 0 Å². The summed E-state index contributed by atoms with van der Waals surface area (Å²) in [5.41, 5.74) is 1.82. The number of benzene rings is 2. The highest BCUT2D eigenvalue weighted by Crippen LogP contribution is 2.27. The lowest BCUT2D eigenvalue weighted by Crippen LogP contribution is -2.28. The molecule has 0 radical (unpaired) electrons. The summed E-state index contributed by atoms with van der Waals surface area (Å²) in [6.45, 7) is 0.235. The monoisotopic (exact) mass is 393 g/mol. The Bertz CT molecular complexity index is 817. The molecule has 0 bridgehead atoms. The highest BCUT2D eigenvalue weighted by atomic mass is 79.9. The van der Waals surface area contributed by atoms with Gasteiger partial charge in [0.25, 0.3) is 5.91 Å². The fraction of sp³-hybridized carbons (Fsp3) is 0.125. The zero-order chi connectivity index (χ0) is 16.2. The van der Waals surface area contributed by atoms with E-state index in [4.69, 9.17) is 16.3 Å². The molecule has 1 amide bonds. The summed E-state index contributed by atoms with van der Waals surface area (Å²) in [6, 6.07) is 12.8. The van der Waals surface area contributed by atoms with Crippen LogP contribution < -0.4 is 10.1 Å². The molecule has 23 heavy (non-hydrogen) atoms. The van der Waals surface area contributed by atoms with Gasteiger partial charge in [0, 0.05) is 5.02 Å². The number of imidazole rings is 1. The Morgan fingerprint density at radius 1 is 1.30 bits per heavy atom. The van der Waals surface area contributed by atoms with Crippen molar-refractivity contribution in [2.45, 2.75) is 6.54 Å². The Morgan fingerprint density at radius 3 is 2.91 bits per heavy atom. The first-order valence-electron chi connectivity index (χ1n) is 6.90. The second-order valence-corrected chi connectivity index (χ2v) is 6.13. The van der Waals surface area contributed by atoms with Gasteiger partial charge < -0.3 is 15.0 Å². The minimum absolute atomic E-state index is 0.0829. The number of aromatic amines is 1. The number of para-hydroxylation sites is 2. The van der Waals surface area contributed by atoms with Crippen LogP contribution in [0.1, 0.15) is 5.82 Å². The van der Waals surface area contributed by atoms with Crippen LogP contribution in [0.5, 0.6) is 5.75 Å². The molecule has 3 aromatic rings. The molecule has 0 spiro atoms. The number of hydrogen-bond donors (Lipinski definition) is 2. The first-order chi connectivity index (χ1) is 11.1. The largest absolute Gasteiger partial charge is 0.483 e. The van der Waals surface area contributed by atoms with E-state index >= 15 is 0 Å². The zero-order valence-electron chi connectivity index (χ0n) is 12.0. The number of aromatic nitrogens is 2. The highest BCUT2D eigenvalue weighted by Gasteiger charge is 2.08. The van der Waals surface area contributed by atoms with Gasteiger partial charge in [-0.2, -0.15) is 0 Å². The van der Waals surface area contributed by atoms with Crippen LogP contribution in [-0.4, -0.2) is 22.5 Å². The molecular weight excluding hydrogens is 382 g/mol. The van der Waals surface area contributed by atoms with Crippen molar-refractivity contribution in [3.8, 4) is 5.75 Å². The maximum Gasteiger partial charge on any atom is 0.258 e. The summed E-state index contributed by atoms with van der Waals surface area (Å²) in [6.07, 6.45) is 0. The smallest absolute Gasteiger partial charge is 0.258 e. The average molecular weight is 395 g/mol. The van der Waals surface area contributed by atoms with E-state index in [1.807, 2.05) is 24.3 Å². The topological polar surface area (TPSA) is 67.0 Å². The van der Waals surface area contributed by atoms with Crippen LogP contribution in [0.2, 0.25) is 5.02 Å². The molecular formula is C16H13BrClN3O2. The molecule has 1 aromatic heterocycles. The third-order valence-corrected chi connectivity index (χ3v) is 4.00. The van der Waals surface area contributed by atoms with Gasteiger partial charge in [-0.1, -0.05) is 23.7 Å². The minimum atomic E-state index is -0.229. The van der Waals surface area contributed by atoms with Crippen molar-refractivity contribution < 1.29 is 9.53 Å². The van der Waals surface area contributed by atoms with Gasteiger partial charge in [-0.25, -0.2) is 4.98 Å². The van der Waals surface area contributed by atoms with E-state index in [0.717, 1.165) is 11.0 Å². The van der Waals surface area contributed by atoms with Crippen molar-refractivity contribution in [1.29, 1.82) is 0 Å². The van der Waals surface area contributed by atoms with E-state index in [2.05, 4.69) is 31.2 Å². The maximum atomic E-state index is 11.9. The molecule has 0 fully saturated rings. The van der Waals surface area contributed by atoms with Crippen molar-refractivity contribution >= 4 is 44.5 Å². The summed E-state index contributed by atoms with van der Waals surface area (Å²) in [5, 5.41) is 3.36. The van der Waals surface area contributed by atoms with E-state index in [9.17, 15) is 4.79 Å². The lowest BCUT2D eigenvalue weighted by molar-refractivity contribution is -0.123. The molecule has 0 atom stereocenters. The van der Waals surface area contributed by atoms with Gasteiger partial charge in [0.05, 0.1) is 22.1 Å². The molecule has 0 aliphatic carbocycles. The van der Waals surface area contributed by atoms with Gasteiger partial charge in [0.2, 0.25) is 0 Å². The van der Waals surface area contributed by atoms with Gasteiger partial charge in [-0.15, -0.1) is 0 Å². The van der Waals surface area contributed by atoms with Crippen LogP contribution in [-0.2, 0) is 11.3 Å². The molecule has 0 aliphatic heterocycles. The first-order valence-corrected chi connectivity index (χ1v) is 8.07. The Labute approximate surface area is 146 Å². The third-order valence-electron chi connectivity index (χ3n) is 3.14. The molecule has 0 aliphatic rings. The van der Waals surface area contributed by atoms with Crippen LogP contribution in [0, 0.1) is 0 Å². The SMILES string of the molecule is O=C(COc1ccc(Cl)cc1Br)NCc1nc2ccccc2[nH]1. The fourth-order valence-corrected chi connectivity index (χ4v) is 2.86. The zero-order valence-corrected chi connectivity index (χ0v) is 14.3. The Balaban J connectivity index is 1.53. The molecule has 3 rings (SSSR count). The standard InChI is InChI=1S/C16H13BrClN3O2/c17-11-7-10(18)5-6-14(11)23-9-16(22)19-8-15-20-12-3-1-2-4-13(12)21-15/h1-7H,8-9H2,(H,19,22)(H,20,21). The molecule has 7 heteroatoms. The molecule has 118 valence electrons. The molecule has 0 saturated heterocycles. The number of ether oxygens (including phenoxy) is 1. The van der Waals surface area contributed by atoms with Crippen molar-refractivity contribution in [2.75, 3.05) is 6.61 Å². The first kappa shape index (κ1) is 15.8. The van der Waals surface area contributed by atoms with E-state index in [0.29, 0.717) is 27.6 Å². The minimum Gasteiger partial charge on any atom is -0.483 e. The normalized spacial score (nSPS) is 10.7. The second kappa shape index (κ2) is 7.02. The van der Waals surface area contributed by atoms with Crippen LogP contribution in [0.4, 0.5) is 0 Å². The predicted molar refractivity (Wildman–Crippen MR) is 92.6 cm³/mol. The number of hydrogen-bond acceptors (Lipinski definition) is 3. The number of fused-ring (bicyclic) bond motifs is 1. The molecule has 5 nitrogen and oxygen atoms in total. The van der Waals surface area contributed by atoms with Crippen molar-refractivity contribution in [2.24, 2.45) is 0 Å². The molecule has 0 unspecified atom stereocenters. The van der Waals surface area contributed by atoms with Crippen molar-refractivity contribution in [3.63, 3.8) is 0 Å². The van der Waals surface area contributed by atoms with Gasteiger partial charge >= 0.3 is 0 Å². The second-order valence-electron chi connectivity index (χ2n) is 4.84. The van der Waals surface area contributed by atoms with Crippen molar-refractivity contribution in [1.82, 2.24) is 15.3 Å². The number of carbonyl (C=O) groups is 1. The number of halogens is 2. The van der Waals surface area contributed by atoms with E-state index in [1.165, 1.54) is 0 Å². The average Bonchev–Trinajstić information content (AvgIpc) is 2.95. The summed E-state index contributed by atoms with van der Waals surface area (Å²) in [7, 11) is 0. The molecule has 2 N–H and O–H groups in total. The summed E-state index contributed by atoms with van der Waals surface area (Å²) < 4.78 is 6.16. The number of amides is 1. The van der Waals surface area contributed by atoms with Crippen LogP contribution in [0.3, 0.4) is 0 Å². The summed E-state index contributed by atoms with van der Waals surface area (Å²) in [4.78, 5) is 19.4. The third kappa shape index (κ3) is 4.03. The van der Waals surface area contributed by atoms with Crippen LogP contribution >= 0.6 is 27.5 Å². The number of nitrogens with zero attached hydrogens (tertiary/aromatic N) is 1. The Hall–Kier alpha value is -2.05. The Kier molecular flexibility index (Phi) is 4.83. The van der Waals surface area contributed by atoms with Gasteiger partial charge in [0.15, 0.2) is 6.61 Å². The lowest BCUT2D eigenvalue weighted by atomic mass is 10.3. The quantitative estimate of drug-likeness (QED) is 0.694. The van der Waals surface area contributed by atoms with E-state index in [1.54, 1.807) is 18.2 Å². The number of rotatable bonds is 5. The molecule has 0 saturated carbocycles. The summed E-state index contributed by atoms with van der Waals surface area (Å²) in [5.74, 6) is 1.04. The number of carbonyl (C=O) groups excluding carboxylic acids is 1.